The summed E-state index contributed by atoms with van der Waals surface area (Å²) in [6.07, 6.45) is 7.35. The first-order chi connectivity index (χ1) is 12.0. The van der Waals surface area contributed by atoms with E-state index < -0.39 is 0 Å². The molecule has 0 saturated carbocycles. The molecule has 0 spiro atoms. The highest BCUT2D eigenvalue weighted by molar-refractivity contribution is 5.95. The molecule has 1 N–H and O–H groups in total. The standard InChI is InChI=1S/C19H30N4O2/c1-4-17(24)22-10-8-15(9-11-22)18-16(12-20-21-18)19(25)23-13(2)6-5-7-14(23)3/h12-15H,4-11H2,1-3H3,(H,20,21)/t13-,14-/m1/s1. The zero-order valence-corrected chi connectivity index (χ0v) is 15.6. The van der Waals surface area contributed by atoms with Crippen molar-refractivity contribution in [3.05, 3.63) is 17.5 Å². The fraction of sp³-hybridized carbons (Fsp3) is 0.737. The third-order valence-corrected chi connectivity index (χ3v) is 5.89. The molecule has 3 rings (SSSR count). The highest BCUT2D eigenvalue weighted by atomic mass is 16.2. The van der Waals surface area contributed by atoms with Crippen molar-refractivity contribution in [2.24, 2.45) is 0 Å². The quantitative estimate of drug-likeness (QED) is 0.915. The minimum absolute atomic E-state index is 0.107. The van der Waals surface area contributed by atoms with Crippen molar-refractivity contribution >= 4 is 11.8 Å². The van der Waals surface area contributed by atoms with Crippen LogP contribution in [0.3, 0.4) is 0 Å². The molecule has 2 aliphatic heterocycles. The molecule has 0 bridgehead atoms. The SMILES string of the molecule is CCC(=O)N1CCC(c2[nH]ncc2C(=O)N2[C@H](C)CCC[C@H]2C)CC1. The molecule has 2 atom stereocenters. The number of nitrogens with one attached hydrogen (secondary N) is 1. The Labute approximate surface area is 149 Å². The smallest absolute Gasteiger partial charge is 0.257 e. The molecule has 2 saturated heterocycles. The van der Waals surface area contributed by atoms with Gasteiger partial charge in [-0.05, 0) is 46.0 Å². The van der Waals surface area contributed by atoms with Gasteiger partial charge in [0.25, 0.3) is 5.91 Å². The van der Waals surface area contributed by atoms with Gasteiger partial charge in [-0.15, -0.1) is 0 Å². The number of hydrogen-bond donors (Lipinski definition) is 1. The first-order valence-electron chi connectivity index (χ1n) is 9.66. The largest absolute Gasteiger partial charge is 0.343 e. The van der Waals surface area contributed by atoms with Gasteiger partial charge in [-0.1, -0.05) is 6.92 Å². The number of piperidine rings is 2. The van der Waals surface area contributed by atoms with Crippen LogP contribution in [-0.4, -0.2) is 57.0 Å². The van der Waals surface area contributed by atoms with E-state index in [0.29, 0.717) is 6.42 Å². The highest BCUT2D eigenvalue weighted by Gasteiger charge is 2.33. The first kappa shape index (κ1) is 18.0. The number of carbonyl (C=O) groups is 2. The van der Waals surface area contributed by atoms with E-state index in [9.17, 15) is 9.59 Å². The molecule has 25 heavy (non-hydrogen) atoms. The van der Waals surface area contributed by atoms with E-state index in [4.69, 9.17) is 0 Å². The third kappa shape index (κ3) is 3.58. The van der Waals surface area contributed by atoms with E-state index in [0.717, 1.165) is 50.0 Å². The van der Waals surface area contributed by atoms with Crippen LogP contribution in [0.25, 0.3) is 0 Å². The van der Waals surface area contributed by atoms with Crippen molar-refractivity contribution in [1.29, 1.82) is 0 Å². The third-order valence-electron chi connectivity index (χ3n) is 5.89. The van der Waals surface area contributed by atoms with Crippen molar-refractivity contribution in [3.8, 4) is 0 Å². The topological polar surface area (TPSA) is 69.3 Å². The van der Waals surface area contributed by atoms with Crippen LogP contribution in [0.4, 0.5) is 0 Å². The van der Waals surface area contributed by atoms with Crippen molar-refractivity contribution in [1.82, 2.24) is 20.0 Å². The fourth-order valence-corrected chi connectivity index (χ4v) is 4.38. The van der Waals surface area contributed by atoms with Crippen molar-refractivity contribution in [2.75, 3.05) is 13.1 Å². The molecule has 2 aliphatic rings. The second-order valence-corrected chi connectivity index (χ2v) is 7.55. The van der Waals surface area contributed by atoms with Gasteiger partial charge >= 0.3 is 0 Å². The van der Waals surface area contributed by atoms with E-state index in [1.807, 2.05) is 16.7 Å². The van der Waals surface area contributed by atoms with Crippen molar-refractivity contribution in [3.63, 3.8) is 0 Å². The molecule has 6 heteroatoms. The molecular weight excluding hydrogens is 316 g/mol. The van der Waals surface area contributed by atoms with E-state index >= 15 is 0 Å². The molecular formula is C19H30N4O2. The number of rotatable bonds is 3. The maximum absolute atomic E-state index is 13.2. The summed E-state index contributed by atoms with van der Waals surface area (Å²) in [6.45, 7) is 7.71. The molecule has 138 valence electrons. The lowest BCUT2D eigenvalue weighted by atomic mass is 9.90. The van der Waals surface area contributed by atoms with Crippen molar-refractivity contribution < 1.29 is 9.59 Å². The van der Waals surface area contributed by atoms with Crippen LogP contribution >= 0.6 is 0 Å². The molecule has 0 aromatic carbocycles. The Morgan fingerprint density at radius 3 is 2.40 bits per heavy atom. The molecule has 0 aliphatic carbocycles. The van der Waals surface area contributed by atoms with Gasteiger partial charge in [0.1, 0.15) is 0 Å². The number of amides is 2. The molecule has 2 fully saturated rings. The number of nitrogens with zero attached hydrogens (tertiary/aromatic N) is 3. The monoisotopic (exact) mass is 346 g/mol. The van der Waals surface area contributed by atoms with Gasteiger partial charge < -0.3 is 9.80 Å². The summed E-state index contributed by atoms with van der Waals surface area (Å²) in [5.74, 6) is 0.601. The first-order valence-corrected chi connectivity index (χ1v) is 9.66. The summed E-state index contributed by atoms with van der Waals surface area (Å²) in [5, 5.41) is 7.26. The van der Waals surface area contributed by atoms with Crippen LogP contribution in [-0.2, 0) is 4.79 Å². The average Bonchev–Trinajstić information content (AvgIpc) is 3.10. The van der Waals surface area contributed by atoms with E-state index in [-0.39, 0.29) is 29.8 Å². The normalized spacial score (nSPS) is 25.2. The van der Waals surface area contributed by atoms with Crippen LogP contribution < -0.4 is 0 Å². The van der Waals surface area contributed by atoms with Crippen molar-refractivity contribution in [2.45, 2.75) is 77.3 Å². The summed E-state index contributed by atoms with van der Waals surface area (Å²) in [5.41, 5.74) is 1.68. The van der Waals surface area contributed by atoms with Gasteiger partial charge in [-0.2, -0.15) is 5.10 Å². The maximum Gasteiger partial charge on any atom is 0.257 e. The predicted octanol–water partition coefficient (Wildman–Crippen LogP) is 2.93. The molecule has 1 aromatic rings. The Bertz CT molecular complexity index is 609. The maximum atomic E-state index is 13.2. The summed E-state index contributed by atoms with van der Waals surface area (Å²) < 4.78 is 0. The molecule has 1 aromatic heterocycles. The number of carbonyl (C=O) groups excluding carboxylic acids is 2. The second-order valence-electron chi connectivity index (χ2n) is 7.55. The van der Waals surface area contributed by atoms with Gasteiger partial charge in [0.2, 0.25) is 5.91 Å². The van der Waals surface area contributed by atoms with Crippen LogP contribution in [0.1, 0.15) is 81.3 Å². The summed E-state index contributed by atoms with van der Waals surface area (Å²) in [6, 6.07) is 0.561. The average molecular weight is 346 g/mol. The summed E-state index contributed by atoms with van der Waals surface area (Å²) in [7, 11) is 0. The lowest BCUT2D eigenvalue weighted by molar-refractivity contribution is -0.131. The Hall–Kier alpha value is -1.85. The van der Waals surface area contributed by atoms with Crippen LogP contribution in [0.5, 0.6) is 0 Å². The predicted molar refractivity (Wildman–Crippen MR) is 96.4 cm³/mol. The van der Waals surface area contributed by atoms with Gasteiger partial charge in [-0.3, -0.25) is 14.7 Å². The number of hydrogen-bond acceptors (Lipinski definition) is 3. The number of likely N-dealkylation sites (tertiary alicyclic amines) is 2. The van der Waals surface area contributed by atoms with E-state index in [1.54, 1.807) is 6.20 Å². The fourth-order valence-electron chi connectivity index (χ4n) is 4.38. The second kappa shape index (κ2) is 7.58. The minimum Gasteiger partial charge on any atom is -0.343 e. The molecule has 2 amide bonds. The molecule has 0 unspecified atom stereocenters. The minimum atomic E-state index is 0.107. The van der Waals surface area contributed by atoms with Crippen LogP contribution in [0.15, 0.2) is 6.20 Å². The van der Waals surface area contributed by atoms with E-state index in [2.05, 4.69) is 24.0 Å². The lowest BCUT2D eigenvalue weighted by Gasteiger charge is -2.39. The number of aromatic nitrogens is 2. The van der Waals surface area contributed by atoms with Gasteiger partial charge in [0.15, 0.2) is 0 Å². The Morgan fingerprint density at radius 1 is 1.16 bits per heavy atom. The van der Waals surface area contributed by atoms with Crippen LogP contribution in [0.2, 0.25) is 0 Å². The Kier molecular flexibility index (Phi) is 5.45. The van der Waals surface area contributed by atoms with Crippen LogP contribution in [0, 0.1) is 0 Å². The Morgan fingerprint density at radius 2 is 1.80 bits per heavy atom. The number of aromatic amines is 1. The van der Waals surface area contributed by atoms with Gasteiger partial charge in [-0.25, -0.2) is 0 Å². The van der Waals surface area contributed by atoms with E-state index in [1.165, 1.54) is 6.42 Å². The highest BCUT2D eigenvalue weighted by Crippen LogP contribution is 2.31. The number of H-pyrrole nitrogens is 1. The lowest BCUT2D eigenvalue weighted by Crippen LogP contribution is -2.47. The summed E-state index contributed by atoms with van der Waals surface area (Å²) in [4.78, 5) is 29.0. The van der Waals surface area contributed by atoms with Gasteiger partial charge in [0, 0.05) is 37.5 Å². The summed E-state index contributed by atoms with van der Waals surface area (Å²) >= 11 is 0. The molecule has 6 nitrogen and oxygen atoms in total. The molecule has 3 heterocycles. The Balaban J connectivity index is 1.73. The zero-order chi connectivity index (χ0) is 18.0. The zero-order valence-electron chi connectivity index (χ0n) is 15.6. The molecule has 0 radical (unpaired) electrons. The van der Waals surface area contributed by atoms with Gasteiger partial charge in [0.05, 0.1) is 17.5 Å².